The van der Waals surface area contributed by atoms with Gasteiger partial charge >= 0.3 is 0 Å². The number of piperazine rings is 1. The van der Waals surface area contributed by atoms with E-state index in [1.807, 2.05) is 0 Å². The highest BCUT2D eigenvalue weighted by atomic mass is 32.2. The number of nitrogens with zero attached hydrogens (tertiary/aromatic N) is 4. The number of nitriles is 1. The summed E-state index contributed by atoms with van der Waals surface area (Å²) in [6.07, 6.45) is 1.69. The predicted octanol–water partition coefficient (Wildman–Crippen LogP) is 4.22. The molecule has 3 heterocycles. The highest BCUT2D eigenvalue weighted by Crippen LogP contribution is 2.39. The summed E-state index contributed by atoms with van der Waals surface area (Å²) < 4.78 is 11.4. The molecular formula is C27H36N4O2S. The lowest BCUT2D eigenvalue weighted by atomic mass is 9.89. The van der Waals surface area contributed by atoms with Crippen molar-refractivity contribution in [2.45, 2.75) is 50.8 Å². The highest BCUT2D eigenvalue weighted by molar-refractivity contribution is 7.99. The molecule has 2 aromatic rings. The van der Waals surface area contributed by atoms with Crippen LogP contribution in [-0.2, 0) is 28.9 Å². The zero-order valence-electron chi connectivity index (χ0n) is 20.9. The molecule has 2 aliphatic heterocycles. The fraction of sp³-hybridized carbons (Fsp3) is 0.556. The molecule has 1 aromatic carbocycles. The van der Waals surface area contributed by atoms with E-state index in [1.165, 1.54) is 11.1 Å². The number of rotatable bonds is 8. The molecule has 2 aliphatic rings. The van der Waals surface area contributed by atoms with Crippen molar-refractivity contribution in [2.75, 3.05) is 57.1 Å². The number of thioether (sulfide) groups is 1. The Morgan fingerprint density at radius 1 is 1.15 bits per heavy atom. The second-order valence-corrected chi connectivity index (χ2v) is 10.9. The summed E-state index contributed by atoms with van der Waals surface area (Å²) in [5.41, 5.74) is 5.28. The average molecular weight is 481 g/mol. The molecule has 0 radical (unpaired) electrons. The molecule has 0 saturated carbocycles. The lowest BCUT2D eigenvalue weighted by molar-refractivity contribution is -0.0402. The third-order valence-electron chi connectivity index (χ3n) is 6.71. The number of hydrogen-bond acceptors (Lipinski definition) is 7. The normalized spacial score (nSPS) is 17.9. The first-order chi connectivity index (χ1) is 16.4. The van der Waals surface area contributed by atoms with E-state index in [2.05, 4.69) is 60.9 Å². The summed E-state index contributed by atoms with van der Waals surface area (Å²) in [6, 6.07) is 11.2. The Balaban J connectivity index is 1.58. The molecule has 0 unspecified atom stereocenters. The van der Waals surface area contributed by atoms with Crippen molar-refractivity contribution < 1.29 is 9.47 Å². The number of methoxy groups -OCH3 is 1. The van der Waals surface area contributed by atoms with Crippen LogP contribution in [0.2, 0.25) is 0 Å². The van der Waals surface area contributed by atoms with Gasteiger partial charge in [0, 0.05) is 57.6 Å². The number of pyridine rings is 1. The Labute approximate surface area is 208 Å². The number of aryl methyl sites for hydroxylation is 2. The molecular weight excluding hydrogens is 444 g/mol. The number of benzene rings is 1. The van der Waals surface area contributed by atoms with Gasteiger partial charge in [-0.3, -0.25) is 4.90 Å². The topological polar surface area (TPSA) is 61.6 Å². The molecule has 0 N–H and O–H groups in total. The van der Waals surface area contributed by atoms with Gasteiger partial charge in [0.05, 0.1) is 24.4 Å². The summed E-state index contributed by atoms with van der Waals surface area (Å²) in [6.45, 7) is 12.4. The second kappa shape index (κ2) is 11.1. The average Bonchev–Trinajstić information content (AvgIpc) is 2.83. The molecule has 7 heteroatoms. The summed E-state index contributed by atoms with van der Waals surface area (Å²) in [5.74, 6) is 1.90. The van der Waals surface area contributed by atoms with Gasteiger partial charge in [-0.1, -0.05) is 29.8 Å². The lowest BCUT2D eigenvalue weighted by Crippen LogP contribution is -2.48. The Morgan fingerprint density at radius 2 is 1.88 bits per heavy atom. The Kier molecular flexibility index (Phi) is 8.15. The van der Waals surface area contributed by atoms with Gasteiger partial charge in [0.1, 0.15) is 16.9 Å². The van der Waals surface area contributed by atoms with E-state index in [0.29, 0.717) is 6.61 Å². The maximum Gasteiger partial charge on any atom is 0.135 e. The van der Waals surface area contributed by atoms with E-state index in [1.54, 1.807) is 18.9 Å². The van der Waals surface area contributed by atoms with Gasteiger partial charge in [0.25, 0.3) is 0 Å². The molecule has 34 heavy (non-hydrogen) atoms. The van der Waals surface area contributed by atoms with E-state index in [0.717, 1.165) is 85.5 Å². The van der Waals surface area contributed by atoms with Gasteiger partial charge in [-0.2, -0.15) is 5.26 Å². The monoisotopic (exact) mass is 480 g/mol. The van der Waals surface area contributed by atoms with Crippen molar-refractivity contribution in [3.05, 3.63) is 52.1 Å². The van der Waals surface area contributed by atoms with Crippen LogP contribution in [0.3, 0.4) is 0 Å². The molecule has 182 valence electrons. The molecule has 1 saturated heterocycles. The van der Waals surface area contributed by atoms with E-state index >= 15 is 0 Å². The molecule has 1 aromatic heterocycles. The summed E-state index contributed by atoms with van der Waals surface area (Å²) in [7, 11) is 1.75. The molecule has 0 bridgehead atoms. The predicted molar refractivity (Wildman–Crippen MR) is 138 cm³/mol. The minimum Gasteiger partial charge on any atom is -0.383 e. The van der Waals surface area contributed by atoms with Crippen LogP contribution < -0.4 is 4.90 Å². The fourth-order valence-corrected chi connectivity index (χ4v) is 5.63. The van der Waals surface area contributed by atoms with Crippen LogP contribution in [-0.4, -0.2) is 67.7 Å². The van der Waals surface area contributed by atoms with Crippen molar-refractivity contribution in [1.82, 2.24) is 9.88 Å². The molecule has 0 amide bonds. The Hall–Kier alpha value is -2.11. The van der Waals surface area contributed by atoms with E-state index < -0.39 is 0 Å². The number of hydrogen-bond donors (Lipinski definition) is 0. The maximum atomic E-state index is 10.1. The fourth-order valence-electron chi connectivity index (χ4n) is 4.63. The van der Waals surface area contributed by atoms with Gasteiger partial charge in [-0.15, -0.1) is 11.8 Å². The van der Waals surface area contributed by atoms with Crippen molar-refractivity contribution in [1.29, 1.82) is 5.26 Å². The standard InChI is InChI=1S/C27H36N4O2S/c1-20-5-7-21(8-6-20)9-16-34-26-23(18-28)22-17-27(2,3)33-19-24(22)25(29-26)31-12-10-30(11-13-31)14-15-32-4/h5-8H,9-17,19H2,1-4H3. The molecule has 4 rings (SSSR count). The van der Waals surface area contributed by atoms with Crippen LogP contribution in [0.1, 0.15) is 41.7 Å². The van der Waals surface area contributed by atoms with Crippen LogP contribution in [0.4, 0.5) is 5.82 Å². The molecule has 0 atom stereocenters. The molecule has 1 fully saturated rings. The Morgan fingerprint density at radius 3 is 2.56 bits per heavy atom. The van der Waals surface area contributed by atoms with Crippen LogP contribution >= 0.6 is 11.8 Å². The van der Waals surface area contributed by atoms with E-state index in [4.69, 9.17) is 14.5 Å². The SMILES string of the molecule is COCCN1CCN(c2nc(SCCc3ccc(C)cc3)c(C#N)c3c2COC(C)(C)C3)CC1. The number of anilines is 1. The highest BCUT2D eigenvalue weighted by Gasteiger charge is 2.33. The molecule has 6 nitrogen and oxygen atoms in total. The van der Waals surface area contributed by atoms with Crippen molar-refractivity contribution >= 4 is 17.6 Å². The molecule has 0 aliphatic carbocycles. The van der Waals surface area contributed by atoms with Gasteiger partial charge in [0.2, 0.25) is 0 Å². The Bertz CT molecular complexity index is 1020. The number of ether oxygens (including phenoxy) is 2. The lowest BCUT2D eigenvalue weighted by Gasteiger charge is -2.39. The van der Waals surface area contributed by atoms with Crippen LogP contribution in [0, 0.1) is 18.3 Å². The molecule has 0 spiro atoms. The zero-order chi connectivity index (χ0) is 24.1. The first kappa shape index (κ1) is 25.0. The zero-order valence-corrected chi connectivity index (χ0v) is 21.7. The van der Waals surface area contributed by atoms with Crippen molar-refractivity contribution in [2.24, 2.45) is 0 Å². The number of aromatic nitrogens is 1. The van der Waals surface area contributed by atoms with Crippen molar-refractivity contribution in [3.8, 4) is 6.07 Å². The smallest absolute Gasteiger partial charge is 0.135 e. The minimum absolute atomic E-state index is 0.278. The van der Waals surface area contributed by atoms with Crippen LogP contribution in [0.25, 0.3) is 0 Å². The minimum atomic E-state index is -0.278. The first-order valence-corrected chi connectivity index (χ1v) is 13.1. The largest absolute Gasteiger partial charge is 0.383 e. The quantitative estimate of drug-likeness (QED) is 0.524. The van der Waals surface area contributed by atoms with Gasteiger partial charge < -0.3 is 14.4 Å². The van der Waals surface area contributed by atoms with Gasteiger partial charge in [-0.25, -0.2) is 4.98 Å². The van der Waals surface area contributed by atoms with Gasteiger partial charge in [0.15, 0.2) is 0 Å². The van der Waals surface area contributed by atoms with E-state index in [-0.39, 0.29) is 5.60 Å². The maximum absolute atomic E-state index is 10.1. The third kappa shape index (κ3) is 5.92. The number of fused-ring (bicyclic) bond motifs is 1. The van der Waals surface area contributed by atoms with Gasteiger partial charge in [-0.05, 0) is 38.3 Å². The van der Waals surface area contributed by atoms with Crippen LogP contribution in [0.15, 0.2) is 29.3 Å². The first-order valence-electron chi connectivity index (χ1n) is 12.1. The summed E-state index contributed by atoms with van der Waals surface area (Å²) in [5, 5.41) is 11.0. The van der Waals surface area contributed by atoms with Crippen molar-refractivity contribution in [3.63, 3.8) is 0 Å². The van der Waals surface area contributed by atoms with Crippen LogP contribution in [0.5, 0.6) is 0 Å². The van der Waals surface area contributed by atoms with E-state index in [9.17, 15) is 5.26 Å². The third-order valence-corrected chi connectivity index (χ3v) is 7.69. The second-order valence-electron chi connectivity index (χ2n) is 9.82. The summed E-state index contributed by atoms with van der Waals surface area (Å²) in [4.78, 5) is 9.93. The summed E-state index contributed by atoms with van der Waals surface area (Å²) >= 11 is 1.71.